The smallest absolute Gasteiger partial charge is 0.305 e. The van der Waals surface area contributed by atoms with Gasteiger partial charge < -0.3 is 15.2 Å². The molecule has 4 heteroatoms. The molecule has 4 nitrogen and oxygen atoms in total. The monoisotopic (exact) mass is 203 g/mol. The van der Waals surface area contributed by atoms with Crippen LogP contribution in [-0.2, 0) is 9.53 Å². The van der Waals surface area contributed by atoms with E-state index in [-0.39, 0.29) is 18.0 Å². The van der Waals surface area contributed by atoms with Gasteiger partial charge in [0.15, 0.2) is 0 Å². The molecule has 0 aliphatic carbocycles. The molecule has 0 aromatic rings. The van der Waals surface area contributed by atoms with Crippen LogP contribution in [0.15, 0.2) is 0 Å². The van der Waals surface area contributed by atoms with Crippen molar-refractivity contribution in [2.24, 2.45) is 5.92 Å². The van der Waals surface area contributed by atoms with E-state index in [0.29, 0.717) is 13.0 Å². The Morgan fingerprint density at radius 2 is 2.14 bits per heavy atom. The lowest BCUT2D eigenvalue weighted by molar-refractivity contribution is -0.140. The lowest BCUT2D eigenvalue weighted by Crippen LogP contribution is -2.31. The van der Waals surface area contributed by atoms with E-state index in [0.717, 1.165) is 13.0 Å². The van der Waals surface area contributed by atoms with Crippen molar-refractivity contribution in [3.8, 4) is 0 Å². The van der Waals surface area contributed by atoms with Gasteiger partial charge in [-0.3, -0.25) is 4.79 Å². The summed E-state index contributed by atoms with van der Waals surface area (Å²) in [6.07, 6.45) is 0.867. The largest absolute Gasteiger partial charge is 0.469 e. The Bertz CT molecular complexity index is 159. The van der Waals surface area contributed by atoms with Crippen molar-refractivity contribution in [3.63, 3.8) is 0 Å². The molecule has 1 atom stereocenters. The van der Waals surface area contributed by atoms with Gasteiger partial charge in [-0.1, -0.05) is 13.8 Å². The molecule has 0 rings (SSSR count). The van der Waals surface area contributed by atoms with Gasteiger partial charge in [-0.05, 0) is 18.9 Å². The topological polar surface area (TPSA) is 58.6 Å². The summed E-state index contributed by atoms with van der Waals surface area (Å²) in [7, 11) is 1.39. The van der Waals surface area contributed by atoms with Gasteiger partial charge in [0.2, 0.25) is 0 Å². The fraction of sp³-hybridized carbons (Fsp3) is 0.900. The predicted molar refractivity (Wildman–Crippen MR) is 55.0 cm³/mol. The highest BCUT2D eigenvalue weighted by molar-refractivity contribution is 5.68. The lowest BCUT2D eigenvalue weighted by Gasteiger charge is -2.14. The molecule has 14 heavy (non-hydrogen) atoms. The van der Waals surface area contributed by atoms with Crippen molar-refractivity contribution < 1.29 is 14.6 Å². The van der Waals surface area contributed by atoms with Crippen molar-refractivity contribution in [1.29, 1.82) is 0 Å². The molecule has 0 amide bonds. The summed E-state index contributed by atoms with van der Waals surface area (Å²) in [5.74, 6) is 0.0827. The number of nitrogens with one attached hydrogen (secondary N) is 1. The number of aliphatic hydroxyl groups excluding tert-OH is 1. The van der Waals surface area contributed by atoms with Crippen molar-refractivity contribution in [2.45, 2.75) is 32.8 Å². The first kappa shape index (κ1) is 13.4. The minimum Gasteiger partial charge on any atom is -0.469 e. The van der Waals surface area contributed by atoms with Crippen LogP contribution in [0.2, 0.25) is 0 Å². The van der Waals surface area contributed by atoms with Gasteiger partial charge >= 0.3 is 5.97 Å². The van der Waals surface area contributed by atoms with E-state index < -0.39 is 0 Å². The van der Waals surface area contributed by atoms with Gasteiger partial charge in [-0.2, -0.15) is 0 Å². The lowest BCUT2D eigenvalue weighted by atomic mass is 10.1. The van der Waals surface area contributed by atoms with Gasteiger partial charge in [-0.25, -0.2) is 0 Å². The molecule has 0 bridgehead atoms. The van der Waals surface area contributed by atoms with E-state index in [2.05, 4.69) is 10.1 Å². The Morgan fingerprint density at radius 3 is 2.64 bits per heavy atom. The molecule has 0 spiro atoms. The molecule has 0 aliphatic heterocycles. The summed E-state index contributed by atoms with van der Waals surface area (Å²) in [4.78, 5) is 10.7. The van der Waals surface area contributed by atoms with Crippen LogP contribution < -0.4 is 5.32 Å². The van der Waals surface area contributed by atoms with Gasteiger partial charge in [0.25, 0.3) is 0 Å². The molecule has 0 fully saturated rings. The summed E-state index contributed by atoms with van der Waals surface area (Å²) in [5, 5.41) is 12.5. The molecule has 0 saturated carbocycles. The third-order valence-electron chi connectivity index (χ3n) is 2.09. The fourth-order valence-electron chi connectivity index (χ4n) is 0.945. The quantitative estimate of drug-likeness (QED) is 0.468. The summed E-state index contributed by atoms with van der Waals surface area (Å²) in [6.45, 7) is 5.26. The van der Waals surface area contributed by atoms with Crippen LogP contribution in [0.4, 0.5) is 0 Å². The molecule has 0 aliphatic rings. The van der Waals surface area contributed by atoms with Crippen LogP contribution in [-0.4, -0.2) is 37.4 Å². The highest BCUT2D eigenvalue weighted by Gasteiger charge is 2.07. The van der Waals surface area contributed by atoms with Crippen molar-refractivity contribution >= 4 is 5.97 Å². The molecule has 0 heterocycles. The fourth-order valence-corrected chi connectivity index (χ4v) is 0.945. The average molecular weight is 203 g/mol. The maximum atomic E-state index is 10.7. The van der Waals surface area contributed by atoms with Crippen LogP contribution in [0.5, 0.6) is 0 Å². The van der Waals surface area contributed by atoms with Crippen LogP contribution in [0.1, 0.15) is 26.7 Å². The second-order valence-electron chi connectivity index (χ2n) is 3.70. The van der Waals surface area contributed by atoms with Crippen LogP contribution >= 0.6 is 0 Å². The zero-order chi connectivity index (χ0) is 11.0. The van der Waals surface area contributed by atoms with E-state index >= 15 is 0 Å². The SMILES string of the molecule is COC(=O)CCCNCC(O)C(C)C. The summed E-state index contributed by atoms with van der Waals surface area (Å²) in [5.41, 5.74) is 0. The molecular formula is C10H21NO3. The Labute approximate surface area is 85.6 Å². The zero-order valence-corrected chi connectivity index (χ0v) is 9.25. The highest BCUT2D eigenvalue weighted by Crippen LogP contribution is 1.98. The van der Waals surface area contributed by atoms with Gasteiger partial charge in [-0.15, -0.1) is 0 Å². The number of ether oxygens (including phenoxy) is 1. The molecular weight excluding hydrogens is 182 g/mol. The molecule has 2 N–H and O–H groups in total. The van der Waals surface area contributed by atoms with Crippen molar-refractivity contribution in [3.05, 3.63) is 0 Å². The summed E-state index contributed by atoms with van der Waals surface area (Å²) >= 11 is 0. The second kappa shape index (κ2) is 7.76. The number of aliphatic hydroxyl groups is 1. The number of hydrogen-bond donors (Lipinski definition) is 2. The van der Waals surface area contributed by atoms with E-state index in [1.165, 1.54) is 7.11 Å². The number of hydrogen-bond acceptors (Lipinski definition) is 4. The average Bonchev–Trinajstić information content (AvgIpc) is 2.16. The number of rotatable bonds is 7. The van der Waals surface area contributed by atoms with Gasteiger partial charge in [0, 0.05) is 13.0 Å². The van der Waals surface area contributed by atoms with Crippen LogP contribution in [0.3, 0.4) is 0 Å². The van der Waals surface area contributed by atoms with E-state index in [9.17, 15) is 9.90 Å². The first-order valence-corrected chi connectivity index (χ1v) is 5.03. The second-order valence-corrected chi connectivity index (χ2v) is 3.70. The summed E-state index contributed by atoms with van der Waals surface area (Å²) in [6, 6.07) is 0. The highest BCUT2D eigenvalue weighted by atomic mass is 16.5. The number of methoxy groups -OCH3 is 1. The minimum atomic E-state index is -0.312. The first-order valence-electron chi connectivity index (χ1n) is 5.03. The third-order valence-corrected chi connectivity index (χ3v) is 2.09. The number of esters is 1. The normalized spacial score (nSPS) is 12.9. The zero-order valence-electron chi connectivity index (χ0n) is 9.25. The van der Waals surface area contributed by atoms with E-state index in [1.807, 2.05) is 13.8 Å². The molecule has 0 radical (unpaired) electrons. The standard InChI is InChI=1S/C10H21NO3/c1-8(2)9(12)7-11-6-4-5-10(13)14-3/h8-9,11-12H,4-7H2,1-3H3. The number of carbonyl (C=O) groups is 1. The Kier molecular flexibility index (Phi) is 7.42. The Hall–Kier alpha value is -0.610. The van der Waals surface area contributed by atoms with Crippen molar-refractivity contribution in [2.75, 3.05) is 20.2 Å². The minimum absolute atomic E-state index is 0.184. The van der Waals surface area contributed by atoms with Crippen molar-refractivity contribution in [1.82, 2.24) is 5.32 Å². The molecule has 0 saturated heterocycles. The maximum absolute atomic E-state index is 10.7. The Balaban J connectivity index is 3.25. The van der Waals surface area contributed by atoms with Crippen LogP contribution in [0, 0.1) is 5.92 Å². The van der Waals surface area contributed by atoms with Gasteiger partial charge in [0.05, 0.1) is 13.2 Å². The Morgan fingerprint density at radius 1 is 1.50 bits per heavy atom. The van der Waals surface area contributed by atoms with E-state index in [1.54, 1.807) is 0 Å². The molecule has 0 aromatic heterocycles. The first-order chi connectivity index (χ1) is 6.57. The third kappa shape index (κ3) is 6.86. The van der Waals surface area contributed by atoms with Crippen LogP contribution in [0.25, 0.3) is 0 Å². The molecule has 0 aromatic carbocycles. The molecule has 84 valence electrons. The van der Waals surface area contributed by atoms with E-state index in [4.69, 9.17) is 0 Å². The maximum Gasteiger partial charge on any atom is 0.305 e. The van der Waals surface area contributed by atoms with Gasteiger partial charge in [0.1, 0.15) is 0 Å². The molecule has 1 unspecified atom stereocenters. The summed E-state index contributed by atoms with van der Waals surface area (Å²) < 4.78 is 4.50. The predicted octanol–water partition coefficient (Wildman–Crippen LogP) is 0.546. The number of carbonyl (C=O) groups excluding carboxylic acids is 1.